The van der Waals surface area contributed by atoms with Gasteiger partial charge in [0.05, 0.1) is 27.2 Å². The molecule has 0 aliphatic carbocycles. The van der Waals surface area contributed by atoms with E-state index >= 15 is 0 Å². The molecule has 0 aromatic heterocycles. The number of hydrogen-bond donors (Lipinski definition) is 1. The summed E-state index contributed by atoms with van der Waals surface area (Å²) in [5.74, 6) is -0.686. The van der Waals surface area contributed by atoms with Gasteiger partial charge in [-0.05, 0) is 42.8 Å². The minimum atomic E-state index is -4.81. The maximum Gasteiger partial charge on any atom is 0.417 e. The second-order valence-corrected chi connectivity index (χ2v) is 9.46. The van der Waals surface area contributed by atoms with Crippen LogP contribution < -0.4 is 9.62 Å². The number of alkyl halides is 3. The summed E-state index contributed by atoms with van der Waals surface area (Å²) in [4.78, 5) is 12.6. The van der Waals surface area contributed by atoms with Crippen LogP contribution in [-0.4, -0.2) is 20.9 Å². The Kier molecular flexibility index (Phi) is 7.34. The van der Waals surface area contributed by atoms with E-state index in [0.29, 0.717) is 10.4 Å². The van der Waals surface area contributed by atoms with Crippen molar-refractivity contribution in [2.24, 2.45) is 0 Å². The molecule has 0 aliphatic rings. The SMILES string of the molecule is C[C@H](NC(=O)CN(c1ccc(Cl)c(C(F)(F)F)c1)S(=O)(=O)c1ccccc1)c1ccccc1. The molecule has 0 unspecified atom stereocenters. The number of anilines is 1. The van der Waals surface area contributed by atoms with Gasteiger partial charge in [-0.2, -0.15) is 13.2 Å². The fourth-order valence-electron chi connectivity index (χ4n) is 3.16. The van der Waals surface area contributed by atoms with Gasteiger partial charge >= 0.3 is 6.18 Å². The van der Waals surface area contributed by atoms with Gasteiger partial charge in [0.2, 0.25) is 5.91 Å². The number of nitrogens with zero attached hydrogens (tertiary/aromatic N) is 1. The Labute approximate surface area is 194 Å². The number of halogens is 4. The molecule has 0 fully saturated rings. The Balaban J connectivity index is 1.99. The molecule has 10 heteroatoms. The average molecular weight is 497 g/mol. The van der Waals surface area contributed by atoms with E-state index < -0.39 is 45.3 Å². The lowest BCUT2D eigenvalue weighted by atomic mass is 10.1. The summed E-state index contributed by atoms with van der Waals surface area (Å²) in [6.45, 7) is 0.987. The molecule has 1 N–H and O–H groups in total. The zero-order valence-electron chi connectivity index (χ0n) is 17.4. The summed E-state index contributed by atoms with van der Waals surface area (Å²) in [5, 5.41) is 2.10. The Morgan fingerprint density at radius 2 is 1.58 bits per heavy atom. The number of carbonyl (C=O) groups is 1. The second-order valence-electron chi connectivity index (χ2n) is 7.19. The highest BCUT2D eigenvalue weighted by Gasteiger charge is 2.35. The summed E-state index contributed by atoms with van der Waals surface area (Å²) in [7, 11) is -4.36. The lowest BCUT2D eigenvalue weighted by Gasteiger charge is -2.26. The maximum absolute atomic E-state index is 13.4. The molecule has 3 aromatic rings. The highest BCUT2D eigenvalue weighted by Crippen LogP contribution is 2.38. The van der Waals surface area contributed by atoms with E-state index in [2.05, 4.69) is 5.32 Å². The molecular formula is C23H20ClF3N2O3S. The van der Waals surface area contributed by atoms with Crippen molar-refractivity contribution in [3.8, 4) is 0 Å². The van der Waals surface area contributed by atoms with Crippen LogP contribution in [-0.2, 0) is 21.0 Å². The summed E-state index contributed by atoms with van der Waals surface area (Å²) >= 11 is 5.69. The van der Waals surface area contributed by atoms with Crippen molar-refractivity contribution in [3.63, 3.8) is 0 Å². The monoisotopic (exact) mass is 496 g/mol. The average Bonchev–Trinajstić information content (AvgIpc) is 2.78. The van der Waals surface area contributed by atoms with Crippen molar-refractivity contribution in [2.45, 2.75) is 24.0 Å². The largest absolute Gasteiger partial charge is 0.417 e. The summed E-state index contributed by atoms with van der Waals surface area (Å²) in [6, 6.07) is 18.4. The predicted molar refractivity (Wildman–Crippen MR) is 120 cm³/mol. The van der Waals surface area contributed by atoms with Crippen molar-refractivity contribution < 1.29 is 26.4 Å². The van der Waals surface area contributed by atoms with Crippen LogP contribution in [0.3, 0.4) is 0 Å². The Bertz CT molecular complexity index is 1220. The van der Waals surface area contributed by atoms with Crippen molar-refractivity contribution in [2.75, 3.05) is 10.8 Å². The molecule has 0 saturated heterocycles. The highest BCUT2D eigenvalue weighted by molar-refractivity contribution is 7.92. The standard InChI is InChI=1S/C23H20ClF3N2O3S/c1-16(17-8-4-2-5-9-17)28-22(30)15-29(33(31,32)19-10-6-3-7-11-19)18-12-13-21(24)20(14-18)23(25,26)27/h2-14,16H,15H2,1H3,(H,28,30)/t16-/m0/s1. The smallest absolute Gasteiger partial charge is 0.348 e. The molecule has 0 heterocycles. The number of benzene rings is 3. The number of amides is 1. The summed E-state index contributed by atoms with van der Waals surface area (Å²) in [5.41, 5.74) is -0.750. The number of rotatable bonds is 7. The van der Waals surface area contributed by atoms with Gasteiger partial charge in [-0.15, -0.1) is 0 Å². The minimum absolute atomic E-state index is 0.169. The molecule has 0 radical (unpaired) electrons. The van der Waals surface area contributed by atoms with Gasteiger partial charge in [-0.25, -0.2) is 8.42 Å². The molecule has 1 atom stereocenters. The number of hydrogen-bond acceptors (Lipinski definition) is 3. The van der Waals surface area contributed by atoms with Crippen LogP contribution in [0.15, 0.2) is 83.8 Å². The molecule has 0 bridgehead atoms. The molecular weight excluding hydrogens is 477 g/mol. The van der Waals surface area contributed by atoms with Crippen LogP contribution in [0, 0.1) is 0 Å². The first kappa shape index (κ1) is 24.6. The van der Waals surface area contributed by atoms with Gasteiger partial charge in [0.25, 0.3) is 10.0 Å². The van der Waals surface area contributed by atoms with E-state index in [9.17, 15) is 26.4 Å². The molecule has 5 nitrogen and oxygen atoms in total. The van der Waals surface area contributed by atoms with Crippen LogP contribution in [0.5, 0.6) is 0 Å². The topological polar surface area (TPSA) is 66.5 Å². The lowest BCUT2D eigenvalue weighted by Crippen LogP contribution is -2.41. The Morgan fingerprint density at radius 3 is 2.15 bits per heavy atom. The predicted octanol–water partition coefficient (Wildman–Crippen LogP) is 5.43. The van der Waals surface area contributed by atoms with Gasteiger partial charge in [0.1, 0.15) is 6.54 Å². The molecule has 174 valence electrons. The van der Waals surface area contributed by atoms with Crippen molar-refractivity contribution >= 4 is 33.2 Å². The number of sulfonamides is 1. The van der Waals surface area contributed by atoms with Gasteiger partial charge in [0, 0.05) is 0 Å². The van der Waals surface area contributed by atoms with Crippen LogP contribution in [0.2, 0.25) is 5.02 Å². The number of nitrogens with one attached hydrogen (secondary N) is 1. The van der Waals surface area contributed by atoms with Gasteiger partial charge in [0.15, 0.2) is 0 Å². The van der Waals surface area contributed by atoms with Crippen LogP contribution in [0.25, 0.3) is 0 Å². The van der Waals surface area contributed by atoms with Crippen LogP contribution >= 0.6 is 11.6 Å². The molecule has 33 heavy (non-hydrogen) atoms. The van der Waals surface area contributed by atoms with E-state index in [-0.39, 0.29) is 10.6 Å². The molecule has 0 aliphatic heterocycles. The summed E-state index contributed by atoms with van der Waals surface area (Å²) in [6.07, 6.45) is -4.81. The third-order valence-corrected chi connectivity index (χ3v) is 6.96. The first-order valence-corrected chi connectivity index (χ1v) is 11.6. The fraction of sp³-hybridized carbons (Fsp3) is 0.174. The molecule has 0 spiro atoms. The molecule has 3 rings (SSSR count). The van der Waals surface area contributed by atoms with Gasteiger partial charge < -0.3 is 5.32 Å². The van der Waals surface area contributed by atoms with E-state index in [1.165, 1.54) is 24.3 Å². The van der Waals surface area contributed by atoms with Crippen molar-refractivity contribution in [1.82, 2.24) is 5.32 Å². The third-order valence-electron chi connectivity index (χ3n) is 4.84. The van der Waals surface area contributed by atoms with Crippen molar-refractivity contribution in [1.29, 1.82) is 0 Å². The first-order valence-electron chi connectivity index (χ1n) is 9.79. The highest BCUT2D eigenvalue weighted by atomic mass is 35.5. The van der Waals surface area contributed by atoms with E-state index in [1.807, 2.05) is 6.07 Å². The number of carbonyl (C=O) groups excluding carboxylic acids is 1. The molecule has 0 saturated carbocycles. The fourth-order valence-corrected chi connectivity index (χ4v) is 4.82. The Hall–Kier alpha value is -3.04. The van der Waals surface area contributed by atoms with Crippen LogP contribution in [0.4, 0.5) is 18.9 Å². The maximum atomic E-state index is 13.4. The zero-order valence-corrected chi connectivity index (χ0v) is 19.0. The normalized spacial score (nSPS) is 12.8. The van der Waals surface area contributed by atoms with Gasteiger partial charge in [-0.3, -0.25) is 9.10 Å². The first-order chi connectivity index (χ1) is 15.5. The van der Waals surface area contributed by atoms with E-state index in [1.54, 1.807) is 37.3 Å². The second kappa shape index (κ2) is 9.84. The minimum Gasteiger partial charge on any atom is -0.348 e. The third kappa shape index (κ3) is 5.85. The van der Waals surface area contributed by atoms with Crippen molar-refractivity contribution in [3.05, 3.63) is 95.0 Å². The van der Waals surface area contributed by atoms with E-state index in [0.717, 1.165) is 17.7 Å². The summed E-state index contributed by atoms with van der Waals surface area (Å²) < 4.78 is 67.4. The van der Waals surface area contributed by atoms with E-state index in [4.69, 9.17) is 11.6 Å². The molecule has 1 amide bonds. The lowest BCUT2D eigenvalue weighted by molar-refractivity contribution is -0.137. The van der Waals surface area contributed by atoms with Crippen LogP contribution in [0.1, 0.15) is 24.1 Å². The zero-order chi connectivity index (χ0) is 24.2. The quantitative estimate of drug-likeness (QED) is 0.474. The molecule has 3 aromatic carbocycles. The Morgan fingerprint density at radius 1 is 1.00 bits per heavy atom. The van der Waals surface area contributed by atoms with Gasteiger partial charge in [-0.1, -0.05) is 60.1 Å².